The fourth-order valence-electron chi connectivity index (χ4n) is 1.36. The van der Waals surface area contributed by atoms with Crippen molar-refractivity contribution in [2.24, 2.45) is 0 Å². The molecule has 0 spiro atoms. The van der Waals surface area contributed by atoms with Crippen LogP contribution in [-0.4, -0.2) is 29.7 Å². The summed E-state index contributed by atoms with van der Waals surface area (Å²) >= 11 is 0. The first kappa shape index (κ1) is 12.4. The summed E-state index contributed by atoms with van der Waals surface area (Å²) in [5.74, 6) is -0.983. The van der Waals surface area contributed by atoms with Crippen LogP contribution in [0.15, 0.2) is 18.3 Å². The number of carbonyl (C=O) groups is 1. The maximum atomic E-state index is 10.7. The minimum absolute atomic E-state index is 0.118. The van der Waals surface area contributed by atoms with Crippen LogP contribution in [-0.2, 0) is 0 Å². The van der Waals surface area contributed by atoms with Gasteiger partial charge in [-0.25, -0.2) is 9.78 Å². The van der Waals surface area contributed by atoms with E-state index in [0.717, 1.165) is 18.5 Å². The first-order valence-electron chi connectivity index (χ1n) is 5.16. The van der Waals surface area contributed by atoms with Crippen LogP contribution in [0.1, 0.15) is 28.0 Å². The average molecular weight is 220 g/mol. The molecule has 0 amide bonds. The molecule has 0 saturated carbocycles. The zero-order valence-electron chi connectivity index (χ0n) is 9.53. The maximum Gasteiger partial charge on any atom is 0.354 e. The zero-order chi connectivity index (χ0) is 12.0. The Hall–Kier alpha value is -1.68. The highest BCUT2D eigenvalue weighted by molar-refractivity contribution is 5.87. The largest absolute Gasteiger partial charge is 0.477 e. The molecule has 4 nitrogen and oxygen atoms in total. The lowest BCUT2D eigenvalue weighted by Gasteiger charge is -2.00. The van der Waals surface area contributed by atoms with E-state index in [1.807, 2.05) is 25.3 Å². The minimum atomic E-state index is -0.983. The van der Waals surface area contributed by atoms with Gasteiger partial charge in [0.15, 0.2) is 5.69 Å². The highest BCUT2D eigenvalue weighted by atomic mass is 16.4. The Kier molecular flexibility index (Phi) is 4.66. The number of rotatable bonds is 5. The number of nitrogens with zero attached hydrogens (tertiary/aromatic N) is 1. The molecule has 0 unspecified atom stereocenters. The lowest BCUT2D eigenvalue weighted by Crippen LogP contribution is -2.05. The smallest absolute Gasteiger partial charge is 0.354 e. The molecule has 0 bridgehead atoms. The number of carboxylic acid groups (broad SMARTS) is 1. The number of aryl methyl sites for hydroxylation is 1. The van der Waals surface area contributed by atoms with Gasteiger partial charge in [0, 0.05) is 6.20 Å². The van der Waals surface area contributed by atoms with E-state index < -0.39 is 5.97 Å². The molecule has 0 aliphatic carbocycles. The van der Waals surface area contributed by atoms with E-state index in [1.165, 1.54) is 0 Å². The van der Waals surface area contributed by atoms with E-state index in [9.17, 15) is 4.79 Å². The van der Waals surface area contributed by atoms with Crippen molar-refractivity contribution < 1.29 is 9.90 Å². The van der Waals surface area contributed by atoms with Gasteiger partial charge in [-0.05, 0) is 44.1 Å². The Labute approximate surface area is 95.0 Å². The zero-order valence-corrected chi connectivity index (χ0v) is 9.53. The summed E-state index contributed by atoms with van der Waals surface area (Å²) in [6.07, 6.45) is 6.50. The Bertz CT molecular complexity index is 400. The molecule has 16 heavy (non-hydrogen) atoms. The second kappa shape index (κ2) is 6.02. The summed E-state index contributed by atoms with van der Waals surface area (Å²) in [5.41, 5.74) is 1.73. The number of carboxylic acids is 1. The second-order valence-electron chi connectivity index (χ2n) is 3.53. The number of aromatic nitrogens is 1. The van der Waals surface area contributed by atoms with E-state index in [-0.39, 0.29) is 5.69 Å². The fourth-order valence-corrected chi connectivity index (χ4v) is 1.36. The van der Waals surface area contributed by atoms with Crippen molar-refractivity contribution in [1.82, 2.24) is 10.3 Å². The summed E-state index contributed by atoms with van der Waals surface area (Å²) in [6.45, 7) is 2.68. The molecule has 4 heteroatoms. The second-order valence-corrected chi connectivity index (χ2v) is 3.53. The Morgan fingerprint density at radius 1 is 1.62 bits per heavy atom. The molecule has 0 atom stereocenters. The quantitative estimate of drug-likeness (QED) is 0.741. The molecule has 0 saturated heterocycles. The molecular weight excluding hydrogens is 204 g/mol. The molecule has 2 N–H and O–H groups in total. The number of hydrogen-bond acceptors (Lipinski definition) is 3. The van der Waals surface area contributed by atoms with Gasteiger partial charge in [0.1, 0.15) is 0 Å². The van der Waals surface area contributed by atoms with Crippen LogP contribution in [0.2, 0.25) is 0 Å². The minimum Gasteiger partial charge on any atom is -0.477 e. The first-order valence-corrected chi connectivity index (χ1v) is 5.16. The van der Waals surface area contributed by atoms with E-state index in [4.69, 9.17) is 5.11 Å². The Balaban J connectivity index is 2.73. The van der Waals surface area contributed by atoms with E-state index in [0.29, 0.717) is 5.56 Å². The Morgan fingerprint density at radius 3 is 2.94 bits per heavy atom. The lowest BCUT2D eigenvalue weighted by atomic mass is 10.1. The highest BCUT2D eigenvalue weighted by Crippen LogP contribution is 2.09. The van der Waals surface area contributed by atoms with Gasteiger partial charge in [-0.1, -0.05) is 12.2 Å². The molecule has 1 heterocycles. The van der Waals surface area contributed by atoms with Gasteiger partial charge in [0.05, 0.1) is 0 Å². The predicted molar refractivity (Wildman–Crippen MR) is 63.5 cm³/mol. The van der Waals surface area contributed by atoms with Gasteiger partial charge in [-0.15, -0.1) is 0 Å². The standard InChI is InChI=1S/C12H16N2O2/c1-9-7-10(5-3-4-6-13-2)8-14-11(9)12(15)16/h3,5,7-8,13H,4,6H2,1-2H3,(H,15,16). The lowest BCUT2D eigenvalue weighted by molar-refractivity contribution is 0.0689. The topological polar surface area (TPSA) is 62.2 Å². The molecule has 1 aromatic rings. The average Bonchev–Trinajstić information content (AvgIpc) is 2.24. The molecule has 0 aliphatic heterocycles. The summed E-state index contributed by atoms with van der Waals surface area (Å²) < 4.78 is 0. The number of aromatic carboxylic acids is 1. The molecule has 1 rings (SSSR count). The highest BCUT2D eigenvalue weighted by Gasteiger charge is 2.07. The Morgan fingerprint density at radius 2 is 2.38 bits per heavy atom. The van der Waals surface area contributed by atoms with Gasteiger partial charge in [0.25, 0.3) is 0 Å². The number of pyridine rings is 1. The van der Waals surface area contributed by atoms with Crippen molar-refractivity contribution >= 4 is 12.0 Å². The van der Waals surface area contributed by atoms with Crippen molar-refractivity contribution in [2.45, 2.75) is 13.3 Å². The third-order valence-electron chi connectivity index (χ3n) is 2.17. The van der Waals surface area contributed by atoms with E-state index in [1.54, 1.807) is 13.1 Å². The summed E-state index contributed by atoms with van der Waals surface area (Å²) in [4.78, 5) is 14.7. The summed E-state index contributed by atoms with van der Waals surface area (Å²) in [5, 5.41) is 11.9. The van der Waals surface area contributed by atoms with E-state index >= 15 is 0 Å². The van der Waals surface area contributed by atoms with Crippen molar-refractivity contribution in [3.63, 3.8) is 0 Å². The van der Waals surface area contributed by atoms with Crippen LogP contribution in [0.4, 0.5) is 0 Å². The van der Waals surface area contributed by atoms with Gasteiger partial charge in [-0.2, -0.15) is 0 Å². The normalized spacial score (nSPS) is 10.9. The van der Waals surface area contributed by atoms with Crippen LogP contribution in [0.5, 0.6) is 0 Å². The van der Waals surface area contributed by atoms with E-state index in [2.05, 4.69) is 10.3 Å². The van der Waals surface area contributed by atoms with Crippen LogP contribution in [0.3, 0.4) is 0 Å². The molecule has 0 aliphatic rings. The first-order chi connectivity index (χ1) is 7.65. The van der Waals surface area contributed by atoms with Gasteiger partial charge in [0.2, 0.25) is 0 Å². The number of hydrogen-bond donors (Lipinski definition) is 2. The molecule has 0 aromatic carbocycles. The van der Waals surface area contributed by atoms with Gasteiger partial charge >= 0.3 is 5.97 Å². The molecule has 1 aromatic heterocycles. The third-order valence-corrected chi connectivity index (χ3v) is 2.17. The molecular formula is C12H16N2O2. The van der Waals surface area contributed by atoms with Gasteiger partial charge in [-0.3, -0.25) is 0 Å². The van der Waals surface area contributed by atoms with Crippen molar-refractivity contribution in [3.05, 3.63) is 35.2 Å². The fraction of sp³-hybridized carbons (Fsp3) is 0.333. The van der Waals surface area contributed by atoms with Crippen molar-refractivity contribution in [2.75, 3.05) is 13.6 Å². The molecule has 0 radical (unpaired) electrons. The monoisotopic (exact) mass is 220 g/mol. The van der Waals surface area contributed by atoms with Crippen LogP contribution >= 0.6 is 0 Å². The third kappa shape index (κ3) is 3.47. The summed E-state index contributed by atoms with van der Waals surface area (Å²) in [7, 11) is 1.90. The molecule has 86 valence electrons. The van der Waals surface area contributed by atoms with Crippen LogP contribution in [0, 0.1) is 6.92 Å². The van der Waals surface area contributed by atoms with Crippen molar-refractivity contribution in [1.29, 1.82) is 0 Å². The van der Waals surface area contributed by atoms with Crippen LogP contribution < -0.4 is 5.32 Å². The molecule has 0 fully saturated rings. The van der Waals surface area contributed by atoms with Gasteiger partial charge < -0.3 is 10.4 Å². The maximum absolute atomic E-state index is 10.7. The summed E-state index contributed by atoms with van der Waals surface area (Å²) in [6, 6.07) is 1.83. The van der Waals surface area contributed by atoms with Crippen molar-refractivity contribution in [3.8, 4) is 0 Å². The number of nitrogens with one attached hydrogen (secondary N) is 1. The predicted octanol–water partition coefficient (Wildman–Crippen LogP) is 1.71. The van der Waals surface area contributed by atoms with Crippen LogP contribution in [0.25, 0.3) is 6.08 Å². The SMILES string of the molecule is CNCCC=Cc1cnc(C(=O)O)c(C)c1.